The molecule has 0 aromatic heterocycles. The number of carboxylic acids is 1. The lowest BCUT2D eigenvalue weighted by atomic mass is 10.1. The Morgan fingerprint density at radius 3 is 2.20 bits per heavy atom. The third kappa shape index (κ3) is 5.32. The van der Waals surface area contributed by atoms with Crippen molar-refractivity contribution in [2.24, 2.45) is 0 Å². The number of hydrogen-bond donors (Lipinski definition) is 2. The molecule has 0 aliphatic rings. The highest BCUT2D eigenvalue weighted by atomic mass is 16.5. The zero-order valence-corrected chi connectivity index (χ0v) is 14.1. The molecule has 1 amide bonds. The summed E-state index contributed by atoms with van der Waals surface area (Å²) in [5.41, 5.74) is 2.12. The van der Waals surface area contributed by atoms with E-state index in [4.69, 9.17) is 14.6 Å². The molecule has 0 fully saturated rings. The minimum Gasteiger partial charge on any atom is -0.481 e. The predicted molar refractivity (Wildman–Crippen MR) is 93.4 cm³/mol. The number of aliphatic carboxylic acids is 1. The van der Waals surface area contributed by atoms with Gasteiger partial charge in [0.25, 0.3) is 5.91 Å². The first-order chi connectivity index (χ1) is 12.0. The van der Waals surface area contributed by atoms with Crippen LogP contribution in [0.2, 0.25) is 0 Å². The largest absolute Gasteiger partial charge is 0.481 e. The van der Waals surface area contributed by atoms with Gasteiger partial charge >= 0.3 is 5.97 Å². The van der Waals surface area contributed by atoms with E-state index < -0.39 is 24.0 Å². The molecule has 2 aromatic rings. The summed E-state index contributed by atoms with van der Waals surface area (Å²) in [5, 5.41) is 11.4. The maximum Gasteiger partial charge on any atom is 0.328 e. The van der Waals surface area contributed by atoms with Crippen LogP contribution in [0.15, 0.2) is 54.6 Å². The van der Waals surface area contributed by atoms with Crippen molar-refractivity contribution in [3.63, 3.8) is 0 Å². The van der Waals surface area contributed by atoms with Crippen molar-refractivity contribution in [2.75, 3.05) is 13.7 Å². The predicted octanol–water partition coefficient (Wildman–Crippen LogP) is 2.34. The molecule has 6 nitrogen and oxygen atoms in total. The van der Waals surface area contributed by atoms with Crippen molar-refractivity contribution in [3.8, 4) is 16.9 Å². The molecule has 25 heavy (non-hydrogen) atoms. The lowest BCUT2D eigenvalue weighted by Gasteiger charge is -2.18. The van der Waals surface area contributed by atoms with Gasteiger partial charge in [0.2, 0.25) is 0 Å². The van der Waals surface area contributed by atoms with E-state index in [1.54, 1.807) is 19.1 Å². The summed E-state index contributed by atoms with van der Waals surface area (Å²) in [6.45, 7) is 1.45. The molecule has 2 atom stereocenters. The fourth-order valence-corrected chi connectivity index (χ4v) is 2.24. The van der Waals surface area contributed by atoms with Crippen LogP contribution in [0.25, 0.3) is 11.1 Å². The maximum absolute atomic E-state index is 12.1. The number of carboxylic acid groups (broad SMARTS) is 1. The van der Waals surface area contributed by atoms with Gasteiger partial charge in [0, 0.05) is 7.11 Å². The van der Waals surface area contributed by atoms with Crippen molar-refractivity contribution >= 4 is 11.9 Å². The fourth-order valence-electron chi connectivity index (χ4n) is 2.24. The number of ether oxygens (including phenoxy) is 2. The summed E-state index contributed by atoms with van der Waals surface area (Å²) < 4.78 is 10.4. The topological polar surface area (TPSA) is 84.9 Å². The van der Waals surface area contributed by atoms with Crippen molar-refractivity contribution in [1.29, 1.82) is 0 Å². The summed E-state index contributed by atoms with van der Waals surface area (Å²) in [6, 6.07) is 16.1. The number of benzene rings is 2. The average Bonchev–Trinajstić information content (AvgIpc) is 2.62. The van der Waals surface area contributed by atoms with E-state index in [0.717, 1.165) is 11.1 Å². The molecule has 0 saturated carbocycles. The van der Waals surface area contributed by atoms with Crippen LogP contribution in [0.4, 0.5) is 0 Å². The van der Waals surface area contributed by atoms with Crippen LogP contribution >= 0.6 is 0 Å². The van der Waals surface area contributed by atoms with Gasteiger partial charge in [-0.1, -0.05) is 42.5 Å². The Kier molecular flexibility index (Phi) is 6.54. The van der Waals surface area contributed by atoms with Crippen molar-refractivity contribution in [1.82, 2.24) is 5.32 Å². The zero-order valence-electron chi connectivity index (χ0n) is 14.1. The monoisotopic (exact) mass is 343 g/mol. The van der Waals surface area contributed by atoms with E-state index in [1.165, 1.54) is 7.11 Å². The Morgan fingerprint density at radius 1 is 1.04 bits per heavy atom. The van der Waals surface area contributed by atoms with Gasteiger partial charge in [-0.25, -0.2) is 4.79 Å². The van der Waals surface area contributed by atoms with Crippen LogP contribution < -0.4 is 10.1 Å². The standard InChI is InChI=1S/C19H21NO5/c1-13(18(21)20-17(12-24-2)19(22)23)25-16-10-8-15(9-11-16)14-6-4-3-5-7-14/h3-11,13,17H,12H2,1-2H3,(H,20,21)(H,22,23). The number of hydrogen-bond acceptors (Lipinski definition) is 4. The number of carbonyl (C=O) groups excluding carboxylic acids is 1. The number of methoxy groups -OCH3 is 1. The number of amides is 1. The Bertz CT molecular complexity index is 700. The van der Waals surface area contributed by atoms with Crippen LogP contribution in [-0.2, 0) is 14.3 Å². The minimum absolute atomic E-state index is 0.112. The summed E-state index contributed by atoms with van der Waals surface area (Å²) >= 11 is 0. The lowest BCUT2D eigenvalue weighted by Crippen LogP contribution is -2.48. The summed E-state index contributed by atoms with van der Waals surface area (Å²) in [5.74, 6) is -1.15. The van der Waals surface area contributed by atoms with Gasteiger partial charge in [0.15, 0.2) is 12.1 Å². The molecule has 0 spiro atoms. The van der Waals surface area contributed by atoms with Gasteiger partial charge in [-0.15, -0.1) is 0 Å². The Labute approximate surface area is 146 Å². The SMILES string of the molecule is COCC(NC(=O)C(C)Oc1ccc(-c2ccccc2)cc1)C(=O)O. The second kappa shape index (κ2) is 8.84. The third-order valence-electron chi connectivity index (χ3n) is 3.59. The number of carbonyl (C=O) groups is 2. The molecule has 2 N–H and O–H groups in total. The molecule has 0 bridgehead atoms. The van der Waals surface area contributed by atoms with Gasteiger partial charge in [-0.05, 0) is 30.2 Å². The molecule has 0 aliphatic heterocycles. The van der Waals surface area contributed by atoms with Crippen LogP contribution in [-0.4, -0.2) is 42.8 Å². The van der Waals surface area contributed by atoms with Crippen LogP contribution in [0.5, 0.6) is 5.75 Å². The maximum atomic E-state index is 12.1. The van der Waals surface area contributed by atoms with E-state index in [2.05, 4.69) is 5.32 Å². The Hall–Kier alpha value is -2.86. The van der Waals surface area contributed by atoms with E-state index in [9.17, 15) is 9.59 Å². The molecule has 132 valence electrons. The van der Waals surface area contributed by atoms with Crippen LogP contribution in [0.1, 0.15) is 6.92 Å². The van der Waals surface area contributed by atoms with Crippen molar-refractivity contribution in [3.05, 3.63) is 54.6 Å². The molecular formula is C19H21NO5. The molecule has 6 heteroatoms. The first kappa shape index (κ1) is 18.5. The molecule has 2 rings (SSSR count). The molecule has 0 saturated heterocycles. The van der Waals surface area contributed by atoms with E-state index in [0.29, 0.717) is 5.75 Å². The zero-order chi connectivity index (χ0) is 18.2. The molecule has 0 aliphatic carbocycles. The summed E-state index contributed by atoms with van der Waals surface area (Å²) in [4.78, 5) is 23.1. The first-order valence-electron chi connectivity index (χ1n) is 7.85. The second-order valence-electron chi connectivity index (χ2n) is 5.51. The smallest absolute Gasteiger partial charge is 0.328 e. The number of rotatable bonds is 8. The van der Waals surface area contributed by atoms with Crippen LogP contribution in [0, 0.1) is 0 Å². The first-order valence-corrected chi connectivity index (χ1v) is 7.85. The van der Waals surface area contributed by atoms with Crippen LogP contribution in [0.3, 0.4) is 0 Å². The van der Waals surface area contributed by atoms with Gasteiger partial charge in [0.05, 0.1) is 6.61 Å². The number of nitrogens with one attached hydrogen (secondary N) is 1. The quantitative estimate of drug-likeness (QED) is 0.768. The van der Waals surface area contributed by atoms with E-state index in [-0.39, 0.29) is 6.61 Å². The molecule has 0 heterocycles. The third-order valence-corrected chi connectivity index (χ3v) is 3.59. The summed E-state index contributed by atoms with van der Waals surface area (Å²) in [6.07, 6.45) is -0.832. The highest BCUT2D eigenvalue weighted by molar-refractivity contribution is 5.86. The molecule has 2 aromatic carbocycles. The van der Waals surface area contributed by atoms with Gasteiger partial charge < -0.3 is 19.9 Å². The lowest BCUT2D eigenvalue weighted by molar-refractivity contribution is -0.144. The van der Waals surface area contributed by atoms with Crippen molar-refractivity contribution in [2.45, 2.75) is 19.1 Å². The summed E-state index contributed by atoms with van der Waals surface area (Å²) in [7, 11) is 1.37. The normalized spacial score (nSPS) is 12.9. The second-order valence-corrected chi connectivity index (χ2v) is 5.51. The molecule has 2 unspecified atom stereocenters. The van der Waals surface area contributed by atoms with Gasteiger partial charge in [0.1, 0.15) is 5.75 Å². The van der Waals surface area contributed by atoms with Gasteiger partial charge in [-0.2, -0.15) is 0 Å². The molecular weight excluding hydrogens is 322 g/mol. The Morgan fingerprint density at radius 2 is 1.64 bits per heavy atom. The molecule has 0 radical (unpaired) electrons. The fraction of sp³-hybridized carbons (Fsp3) is 0.263. The van der Waals surface area contributed by atoms with E-state index >= 15 is 0 Å². The highest BCUT2D eigenvalue weighted by Crippen LogP contribution is 2.22. The highest BCUT2D eigenvalue weighted by Gasteiger charge is 2.23. The Balaban J connectivity index is 1.96. The van der Waals surface area contributed by atoms with E-state index in [1.807, 2.05) is 42.5 Å². The van der Waals surface area contributed by atoms with Crippen molar-refractivity contribution < 1.29 is 24.2 Å². The van der Waals surface area contributed by atoms with Gasteiger partial charge in [-0.3, -0.25) is 4.79 Å². The average molecular weight is 343 g/mol. The minimum atomic E-state index is -1.16.